The first-order chi connectivity index (χ1) is 8.45. The second-order valence-electron chi connectivity index (χ2n) is 4.86. The van der Waals surface area contributed by atoms with Crippen molar-refractivity contribution in [3.8, 4) is 0 Å². The number of aromatic nitrogens is 1. The van der Waals surface area contributed by atoms with E-state index in [-0.39, 0.29) is 29.4 Å². The van der Waals surface area contributed by atoms with Crippen molar-refractivity contribution < 1.29 is 23.3 Å². The molecule has 1 aromatic rings. The largest absolute Gasteiger partial charge is 0.616 e. The Kier molecular flexibility index (Phi) is 2.21. The molecule has 0 spiro atoms. The lowest BCUT2D eigenvalue weighted by Crippen LogP contribution is -2.67. The number of halogens is 1. The van der Waals surface area contributed by atoms with Crippen molar-refractivity contribution >= 4 is 35.7 Å². The van der Waals surface area contributed by atoms with Gasteiger partial charge in [-0.3, -0.25) is 9.59 Å². The molecule has 0 saturated carbocycles. The normalized spacial score (nSPS) is 34.1. The monoisotopic (exact) mass is 268 g/mol. The van der Waals surface area contributed by atoms with Gasteiger partial charge in [-0.2, -0.15) is 0 Å². The zero-order valence-corrected chi connectivity index (χ0v) is 10.4. The summed E-state index contributed by atoms with van der Waals surface area (Å²) in [6.45, 7) is -1.95. The van der Waals surface area contributed by atoms with Gasteiger partial charge in [0.25, 0.3) is 0 Å². The Balaban J connectivity index is 2.13. The molecule has 0 radical (unpaired) electrons. The first kappa shape index (κ1) is 11.5. The van der Waals surface area contributed by atoms with Gasteiger partial charge in [-0.1, -0.05) is 17.7 Å². The summed E-state index contributed by atoms with van der Waals surface area (Å²) >= 11 is 5.73. The van der Waals surface area contributed by atoms with E-state index in [1.807, 2.05) is 0 Å². The Labute approximate surface area is 108 Å². The molecule has 0 aromatic carbocycles. The molecular formula is C10H10BClN2O4. The molecule has 2 fully saturated rings. The Morgan fingerprint density at radius 1 is 1.28 bits per heavy atom. The first-order valence-electron chi connectivity index (χ1n) is 5.49. The minimum Gasteiger partial charge on any atom is -0.596 e. The first-order valence-corrected chi connectivity index (χ1v) is 5.87. The van der Waals surface area contributed by atoms with Crippen LogP contribution in [0.2, 0.25) is 5.15 Å². The van der Waals surface area contributed by atoms with Crippen LogP contribution < -0.4 is 5.46 Å². The number of fused-ring (bicyclic) bond motifs is 1. The highest BCUT2D eigenvalue weighted by atomic mass is 35.5. The number of likely N-dealkylation sites (N-methyl/N-ethyl adjacent to an activating group) is 1. The van der Waals surface area contributed by atoms with Crippen molar-refractivity contribution in [3.63, 3.8) is 0 Å². The average Bonchev–Trinajstić information content (AvgIpc) is 2.63. The van der Waals surface area contributed by atoms with Crippen LogP contribution in [-0.4, -0.2) is 48.1 Å². The Morgan fingerprint density at radius 2 is 1.89 bits per heavy atom. The standard InChI is InChI=1S/C10H10BClN2O4/c1-14-5-9(15)17-11(14,18-10(16)6-14)7-2-3-8(12)13-4-7/h2-4H,5-6H2,1H3. The summed E-state index contributed by atoms with van der Waals surface area (Å²) in [6, 6.07) is 3.25. The van der Waals surface area contributed by atoms with E-state index in [0.29, 0.717) is 10.6 Å². The van der Waals surface area contributed by atoms with Crippen molar-refractivity contribution in [2.75, 3.05) is 20.1 Å². The molecule has 0 atom stereocenters. The summed E-state index contributed by atoms with van der Waals surface area (Å²) in [5.41, 5.74) is 0.568. The number of carbonyl (C=O) groups excluding carboxylic acids is 2. The maximum Gasteiger partial charge on any atom is 0.616 e. The summed E-state index contributed by atoms with van der Waals surface area (Å²) in [7, 11) is 1.77. The maximum atomic E-state index is 11.6. The Hall–Kier alpha value is -1.60. The molecule has 2 aliphatic heterocycles. The second kappa shape index (κ2) is 3.46. The van der Waals surface area contributed by atoms with Crippen LogP contribution >= 0.6 is 11.6 Å². The minimum absolute atomic E-state index is 0.112. The molecule has 0 amide bonds. The third-order valence-corrected chi connectivity index (χ3v) is 3.78. The van der Waals surface area contributed by atoms with Gasteiger partial charge in [-0.25, -0.2) is 4.98 Å². The zero-order valence-electron chi connectivity index (χ0n) is 9.63. The van der Waals surface area contributed by atoms with Crippen LogP contribution in [0.1, 0.15) is 0 Å². The van der Waals surface area contributed by atoms with Crippen molar-refractivity contribution in [1.29, 1.82) is 0 Å². The van der Waals surface area contributed by atoms with Crippen molar-refractivity contribution in [2.24, 2.45) is 0 Å². The number of quaternary nitrogens is 1. The van der Waals surface area contributed by atoms with Crippen LogP contribution in [0, 0.1) is 0 Å². The van der Waals surface area contributed by atoms with E-state index in [4.69, 9.17) is 20.9 Å². The number of pyridine rings is 1. The number of hydrogen-bond acceptors (Lipinski definition) is 5. The molecule has 0 bridgehead atoms. The van der Waals surface area contributed by atoms with E-state index in [2.05, 4.69) is 4.98 Å². The van der Waals surface area contributed by atoms with Crippen LogP contribution in [0.4, 0.5) is 0 Å². The summed E-state index contributed by atoms with van der Waals surface area (Å²) in [4.78, 5) is 27.1. The van der Waals surface area contributed by atoms with Gasteiger partial charge >= 0.3 is 18.6 Å². The molecular weight excluding hydrogens is 258 g/mol. The fourth-order valence-corrected chi connectivity index (χ4v) is 2.81. The highest BCUT2D eigenvalue weighted by Gasteiger charge is 2.66. The Morgan fingerprint density at radius 3 is 2.39 bits per heavy atom. The maximum absolute atomic E-state index is 11.6. The quantitative estimate of drug-likeness (QED) is 0.505. The van der Waals surface area contributed by atoms with Crippen LogP contribution in [0.15, 0.2) is 18.3 Å². The number of rotatable bonds is 1. The second-order valence-corrected chi connectivity index (χ2v) is 5.25. The van der Waals surface area contributed by atoms with Gasteiger partial charge in [0.05, 0.1) is 0 Å². The average molecular weight is 268 g/mol. The third kappa shape index (κ3) is 1.37. The predicted molar refractivity (Wildman–Crippen MR) is 62.7 cm³/mol. The van der Waals surface area contributed by atoms with E-state index >= 15 is 0 Å². The molecule has 8 heteroatoms. The van der Waals surface area contributed by atoms with Crippen LogP contribution in [0.3, 0.4) is 0 Å². The zero-order chi connectivity index (χ0) is 13.0. The van der Waals surface area contributed by atoms with E-state index in [9.17, 15) is 9.59 Å². The molecule has 0 unspecified atom stereocenters. The lowest BCUT2D eigenvalue weighted by atomic mass is 9.62. The van der Waals surface area contributed by atoms with Gasteiger partial charge in [0, 0.05) is 13.2 Å². The third-order valence-electron chi connectivity index (χ3n) is 3.56. The topological polar surface area (TPSA) is 65.5 Å². The van der Waals surface area contributed by atoms with Crippen molar-refractivity contribution in [1.82, 2.24) is 4.98 Å². The minimum atomic E-state index is -2.18. The molecule has 2 saturated heterocycles. The molecule has 6 nitrogen and oxygen atoms in total. The van der Waals surface area contributed by atoms with Gasteiger partial charge < -0.3 is 13.7 Å². The van der Waals surface area contributed by atoms with E-state index in [1.165, 1.54) is 6.20 Å². The lowest BCUT2D eigenvalue weighted by Gasteiger charge is -2.39. The molecule has 3 rings (SSSR count). The highest BCUT2D eigenvalue weighted by molar-refractivity contribution is 6.79. The number of nitrogens with zero attached hydrogens (tertiary/aromatic N) is 2. The van der Waals surface area contributed by atoms with Gasteiger partial charge in [-0.15, -0.1) is 0 Å². The van der Waals surface area contributed by atoms with Crippen LogP contribution in [0.5, 0.6) is 0 Å². The lowest BCUT2D eigenvalue weighted by molar-refractivity contribution is -0.791. The van der Waals surface area contributed by atoms with E-state index in [0.717, 1.165) is 0 Å². The molecule has 1 aromatic heterocycles. The van der Waals surface area contributed by atoms with Crippen LogP contribution in [0.25, 0.3) is 0 Å². The summed E-state index contributed by atoms with van der Waals surface area (Å²) in [5.74, 6) is -0.750. The number of hydrogen-bond donors (Lipinski definition) is 0. The van der Waals surface area contributed by atoms with Crippen molar-refractivity contribution in [2.45, 2.75) is 0 Å². The van der Waals surface area contributed by atoms with Gasteiger partial charge in [0.1, 0.15) is 18.2 Å². The molecule has 3 heterocycles. The highest BCUT2D eigenvalue weighted by Crippen LogP contribution is 2.33. The molecule has 18 heavy (non-hydrogen) atoms. The van der Waals surface area contributed by atoms with Gasteiger partial charge in [0.2, 0.25) is 0 Å². The van der Waals surface area contributed by atoms with E-state index in [1.54, 1.807) is 19.2 Å². The molecule has 94 valence electrons. The summed E-state index contributed by atoms with van der Waals surface area (Å²) in [5, 5.41) is 0.328. The van der Waals surface area contributed by atoms with Crippen LogP contribution in [-0.2, 0) is 18.9 Å². The SMILES string of the molecule is C[N+]12CC(=O)O[B-]1(c1ccc(Cl)nc1)OC(=O)C2. The number of carbonyl (C=O) groups is 2. The smallest absolute Gasteiger partial charge is 0.596 e. The summed E-state index contributed by atoms with van der Waals surface area (Å²) < 4.78 is 10.8. The Bertz CT molecular complexity index is 527. The fourth-order valence-electron chi connectivity index (χ4n) is 2.69. The molecule has 2 aliphatic rings. The van der Waals surface area contributed by atoms with Gasteiger partial charge in [0.15, 0.2) is 0 Å². The van der Waals surface area contributed by atoms with Crippen molar-refractivity contribution in [3.05, 3.63) is 23.5 Å². The molecule has 0 N–H and O–H groups in total. The predicted octanol–water partition coefficient (Wildman–Crippen LogP) is -0.559. The summed E-state index contributed by atoms with van der Waals surface area (Å²) in [6.07, 6.45) is 1.48. The van der Waals surface area contributed by atoms with E-state index < -0.39 is 6.69 Å². The van der Waals surface area contributed by atoms with Gasteiger partial charge in [-0.05, 0) is 11.5 Å². The fraction of sp³-hybridized carbons (Fsp3) is 0.300. The molecule has 0 aliphatic carbocycles.